The van der Waals surface area contributed by atoms with E-state index in [1.165, 1.54) is 6.20 Å². The van der Waals surface area contributed by atoms with E-state index in [1.807, 2.05) is 30.3 Å². The van der Waals surface area contributed by atoms with Gasteiger partial charge in [0.1, 0.15) is 5.56 Å². The van der Waals surface area contributed by atoms with Gasteiger partial charge in [0.25, 0.3) is 0 Å². The van der Waals surface area contributed by atoms with E-state index < -0.39 is 5.97 Å². The van der Waals surface area contributed by atoms with Crippen molar-refractivity contribution in [2.24, 2.45) is 0 Å². The summed E-state index contributed by atoms with van der Waals surface area (Å²) in [6.45, 7) is 1.74. The molecule has 0 radical (unpaired) electrons. The summed E-state index contributed by atoms with van der Waals surface area (Å²) in [5, 5.41) is 14.2. The molecule has 0 saturated heterocycles. The van der Waals surface area contributed by atoms with Gasteiger partial charge < -0.3 is 5.11 Å². The van der Waals surface area contributed by atoms with Gasteiger partial charge in [-0.25, -0.2) is 9.48 Å². The van der Waals surface area contributed by atoms with Crippen molar-refractivity contribution in [1.82, 2.24) is 14.8 Å². The number of carboxylic acid groups (broad SMARTS) is 1. The molecule has 5 nitrogen and oxygen atoms in total. The van der Waals surface area contributed by atoms with E-state index in [4.69, 9.17) is 5.11 Å². The molecule has 3 aromatic rings. The Morgan fingerprint density at radius 2 is 2.11 bits per heavy atom. The Hall–Kier alpha value is -2.69. The van der Waals surface area contributed by atoms with Crippen LogP contribution in [0.15, 0.2) is 42.7 Å². The van der Waals surface area contributed by atoms with Crippen LogP contribution in [0.5, 0.6) is 0 Å². The summed E-state index contributed by atoms with van der Waals surface area (Å²) >= 11 is 0. The predicted molar refractivity (Wildman–Crippen MR) is 70.6 cm³/mol. The average molecular weight is 253 g/mol. The van der Waals surface area contributed by atoms with E-state index in [1.54, 1.807) is 17.8 Å². The van der Waals surface area contributed by atoms with Crippen LogP contribution in [-0.2, 0) is 0 Å². The quantitative estimate of drug-likeness (QED) is 0.761. The van der Waals surface area contributed by atoms with Crippen molar-refractivity contribution in [1.29, 1.82) is 0 Å². The second-order valence-corrected chi connectivity index (χ2v) is 4.21. The number of carbonyl (C=O) groups is 1. The van der Waals surface area contributed by atoms with Gasteiger partial charge in [-0.2, -0.15) is 5.10 Å². The summed E-state index contributed by atoms with van der Waals surface area (Å²) in [5.74, 6) is -0.970. The van der Waals surface area contributed by atoms with Crippen LogP contribution in [0.3, 0.4) is 0 Å². The van der Waals surface area contributed by atoms with E-state index in [9.17, 15) is 4.79 Å². The van der Waals surface area contributed by atoms with Gasteiger partial charge in [0.15, 0.2) is 0 Å². The van der Waals surface area contributed by atoms with Crippen LogP contribution in [0.25, 0.3) is 16.6 Å². The first-order valence-electron chi connectivity index (χ1n) is 5.80. The molecule has 2 heterocycles. The monoisotopic (exact) mass is 253 g/mol. The van der Waals surface area contributed by atoms with Crippen LogP contribution >= 0.6 is 0 Å². The topological polar surface area (TPSA) is 68.0 Å². The van der Waals surface area contributed by atoms with Gasteiger partial charge in [0.05, 0.1) is 23.1 Å². The minimum absolute atomic E-state index is 0.209. The lowest BCUT2D eigenvalue weighted by atomic mass is 10.1. The summed E-state index contributed by atoms with van der Waals surface area (Å²) in [7, 11) is 0. The minimum Gasteiger partial charge on any atom is -0.478 e. The zero-order valence-electron chi connectivity index (χ0n) is 10.2. The third kappa shape index (κ3) is 1.76. The molecule has 19 heavy (non-hydrogen) atoms. The van der Waals surface area contributed by atoms with Crippen molar-refractivity contribution in [3.05, 3.63) is 54.0 Å². The van der Waals surface area contributed by atoms with E-state index in [0.29, 0.717) is 5.69 Å². The molecule has 0 fully saturated rings. The molecule has 1 aromatic carbocycles. The Kier molecular flexibility index (Phi) is 2.52. The summed E-state index contributed by atoms with van der Waals surface area (Å²) in [4.78, 5) is 15.3. The number of aromatic nitrogens is 3. The van der Waals surface area contributed by atoms with Crippen molar-refractivity contribution < 1.29 is 9.90 Å². The van der Waals surface area contributed by atoms with Crippen molar-refractivity contribution in [3.63, 3.8) is 0 Å². The normalized spacial score (nSPS) is 10.8. The molecule has 0 unspecified atom stereocenters. The third-order valence-corrected chi connectivity index (χ3v) is 3.09. The second kappa shape index (κ2) is 4.20. The zero-order valence-corrected chi connectivity index (χ0v) is 10.2. The minimum atomic E-state index is -0.970. The SMILES string of the molecule is Cc1c(C(=O)O)cnn1-c1cccc2ncccc12. The van der Waals surface area contributed by atoms with Crippen molar-refractivity contribution >= 4 is 16.9 Å². The molecule has 2 aromatic heterocycles. The summed E-state index contributed by atoms with van der Waals surface area (Å²) < 4.78 is 1.63. The smallest absolute Gasteiger partial charge is 0.339 e. The largest absolute Gasteiger partial charge is 0.478 e. The van der Waals surface area contributed by atoms with Gasteiger partial charge in [0, 0.05) is 11.6 Å². The Morgan fingerprint density at radius 3 is 2.84 bits per heavy atom. The van der Waals surface area contributed by atoms with Crippen LogP contribution in [-0.4, -0.2) is 25.8 Å². The number of aromatic carboxylic acids is 1. The molecule has 0 bridgehead atoms. The molecule has 0 aliphatic heterocycles. The van der Waals surface area contributed by atoms with E-state index in [-0.39, 0.29) is 5.56 Å². The maximum atomic E-state index is 11.1. The van der Waals surface area contributed by atoms with Gasteiger partial charge in [-0.1, -0.05) is 6.07 Å². The number of pyridine rings is 1. The molecule has 0 atom stereocenters. The number of carboxylic acids is 1. The molecule has 0 saturated carbocycles. The number of rotatable bonds is 2. The van der Waals surface area contributed by atoms with E-state index in [2.05, 4.69) is 10.1 Å². The molecule has 5 heteroatoms. The van der Waals surface area contributed by atoms with Gasteiger partial charge >= 0.3 is 5.97 Å². The van der Waals surface area contributed by atoms with Gasteiger partial charge in [-0.3, -0.25) is 4.98 Å². The van der Waals surface area contributed by atoms with Crippen LogP contribution in [0, 0.1) is 6.92 Å². The number of hydrogen-bond acceptors (Lipinski definition) is 3. The maximum Gasteiger partial charge on any atom is 0.339 e. The van der Waals surface area contributed by atoms with Gasteiger partial charge in [-0.05, 0) is 31.2 Å². The maximum absolute atomic E-state index is 11.1. The zero-order chi connectivity index (χ0) is 13.4. The Bertz CT molecular complexity index is 772. The first-order chi connectivity index (χ1) is 9.18. The molecule has 94 valence electrons. The number of hydrogen-bond donors (Lipinski definition) is 1. The van der Waals surface area contributed by atoms with Crippen molar-refractivity contribution in [2.45, 2.75) is 6.92 Å². The highest BCUT2D eigenvalue weighted by Gasteiger charge is 2.15. The van der Waals surface area contributed by atoms with Crippen LogP contribution < -0.4 is 0 Å². The molecule has 3 rings (SSSR count). The molecule has 0 spiro atoms. The molecule has 0 amide bonds. The van der Waals surface area contributed by atoms with Crippen LogP contribution in [0.1, 0.15) is 16.1 Å². The lowest BCUT2D eigenvalue weighted by Gasteiger charge is -2.08. The lowest BCUT2D eigenvalue weighted by molar-refractivity contribution is 0.0696. The Balaban J connectivity index is 2.28. The van der Waals surface area contributed by atoms with Gasteiger partial charge in [0.2, 0.25) is 0 Å². The van der Waals surface area contributed by atoms with Crippen LogP contribution in [0.4, 0.5) is 0 Å². The average Bonchev–Trinajstić information content (AvgIpc) is 2.80. The standard InChI is InChI=1S/C14H11N3O2/c1-9-11(14(18)19)8-16-17(9)13-6-2-5-12-10(13)4-3-7-15-12/h2-8H,1H3,(H,18,19). The Morgan fingerprint density at radius 1 is 1.26 bits per heavy atom. The van der Waals surface area contributed by atoms with Gasteiger partial charge in [-0.15, -0.1) is 0 Å². The van der Waals surface area contributed by atoms with E-state index >= 15 is 0 Å². The third-order valence-electron chi connectivity index (χ3n) is 3.09. The molecular formula is C14H11N3O2. The first-order valence-corrected chi connectivity index (χ1v) is 5.80. The number of benzene rings is 1. The fourth-order valence-corrected chi connectivity index (χ4v) is 2.13. The van der Waals surface area contributed by atoms with Crippen molar-refractivity contribution in [2.75, 3.05) is 0 Å². The van der Waals surface area contributed by atoms with Crippen molar-refractivity contribution in [3.8, 4) is 5.69 Å². The number of nitrogens with zero attached hydrogens (tertiary/aromatic N) is 3. The highest BCUT2D eigenvalue weighted by molar-refractivity contribution is 5.90. The fraction of sp³-hybridized carbons (Fsp3) is 0.0714. The van der Waals surface area contributed by atoms with E-state index in [0.717, 1.165) is 16.6 Å². The lowest BCUT2D eigenvalue weighted by Crippen LogP contribution is -2.03. The highest BCUT2D eigenvalue weighted by Crippen LogP contribution is 2.22. The molecule has 0 aliphatic rings. The molecular weight excluding hydrogens is 242 g/mol. The summed E-state index contributed by atoms with van der Waals surface area (Å²) in [6.07, 6.45) is 3.09. The highest BCUT2D eigenvalue weighted by atomic mass is 16.4. The first kappa shape index (κ1) is 11.4. The number of fused-ring (bicyclic) bond motifs is 1. The summed E-state index contributed by atoms with van der Waals surface area (Å²) in [5.41, 5.74) is 2.49. The molecule has 0 aliphatic carbocycles. The Labute approximate surface area is 109 Å². The summed E-state index contributed by atoms with van der Waals surface area (Å²) in [6, 6.07) is 9.49. The predicted octanol–water partition coefficient (Wildman–Crippen LogP) is 2.43. The molecule has 1 N–H and O–H groups in total. The fourth-order valence-electron chi connectivity index (χ4n) is 2.13. The second-order valence-electron chi connectivity index (χ2n) is 4.21. The van der Waals surface area contributed by atoms with Crippen LogP contribution in [0.2, 0.25) is 0 Å².